The summed E-state index contributed by atoms with van der Waals surface area (Å²) in [6.45, 7) is -0.285. The Morgan fingerprint density at radius 3 is 2.67 bits per heavy atom. The predicted molar refractivity (Wildman–Crippen MR) is 80.6 cm³/mol. The maximum absolute atomic E-state index is 12.1. The van der Waals surface area contributed by atoms with Crippen molar-refractivity contribution in [2.75, 3.05) is 20.6 Å². The van der Waals surface area contributed by atoms with Crippen LogP contribution in [-0.4, -0.2) is 44.8 Å². The van der Waals surface area contributed by atoms with Crippen LogP contribution in [0.15, 0.2) is 35.2 Å². The lowest BCUT2D eigenvalue weighted by Crippen LogP contribution is -2.36. The van der Waals surface area contributed by atoms with Crippen LogP contribution < -0.4 is 4.72 Å². The number of aromatic nitrogens is 1. The van der Waals surface area contributed by atoms with Crippen molar-refractivity contribution in [1.29, 1.82) is 0 Å². The summed E-state index contributed by atoms with van der Waals surface area (Å²) in [5.41, 5.74) is 0.603. The van der Waals surface area contributed by atoms with Gasteiger partial charge < -0.3 is 4.90 Å². The third-order valence-electron chi connectivity index (χ3n) is 2.85. The molecule has 8 heteroatoms. The van der Waals surface area contributed by atoms with Crippen molar-refractivity contribution in [3.63, 3.8) is 0 Å². The molecule has 1 N–H and O–H groups in total. The van der Waals surface area contributed by atoms with Crippen molar-refractivity contribution >= 4 is 38.4 Å². The summed E-state index contributed by atoms with van der Waals surface area (Å²) >= 11 is 5.78. The fourth-order valence-corrected chi connectivity index (χ4v) is 2.81. The number of fused-ring (bicyclic) bond motifs is 1. The van der Waals surface area contributed by atoms with Crippen LogP contribution in [0.5, 0.6) is 0 Å². The van der Waals surface area contributed by atoms with Crippen LogP contribution in [0.1, 0.15) is 0 Å². The largest absolute Gasteiger partial charge is 0.348 e. The summed E-state index contributed by atoms with van der Waals surface area (Å²) in [5, 5.41) is 0.994. The molecule has 0 aliphatic carbocycles. The molecule has 0 saturated heterocycles. The van der Waals surface area contributed by atoms with Gasteiger partial charge in [-0.25, -0.2) is 18.1 Å². The Morgan fingerprint density at radius 1 is 1.29 bits per heavy atom. The average Bonchev–Trinajstić information content (AvgIpc) is 2.44. The highest BCUT2D eigenvalue weighted by Crippen LogP contribution is 2.19. The van der Waals surface area contributed by atoms with E-state index in [1.807, 2.05) is 0 Å². The second-order valence-electron chi connectivity index (χ2n) is 4.60. The van der Waals surface area contributed by atoms with E-state index in [9.17, 15) is 13.2 Å². The van der Waals surface area contributed by atoms with E-state index in [2.05, 4.69) is 9.71 Å². The molecule has 0 fully saturated rings. The number of nitrogens with one attached hydrogen (secondary N) is 1. The molecule has 0 unspecified atom stereocenters. The van der Waals surface area contributed by atoms with E-state index >= 15 is 0 Å². The summed E-state index contributed by atoms with van der Waals surface area (Å²) < 4.78 is 26.6. The first-order valence-electron chi connectivity index (χ1n) is 6.06. The first-order chi connectivity index (χ1) is 9.79. The third kappa shape index (κ3) is 3.69. The highest BCUT2D eigenvalue weighted by molar-refractivity contribution is 7.89. The molecule has 0 atom stereocenters. The number of halogens is 1. The van der Waals surface area contributed by atoms with Crippen molar-refractivity contribution in [3.8, 4) is 0 Å². The Kier molecular flexibility index (Phi) is 4.46. The van der Waals surface area contributed by atoms with E-state index in [0.717, 1.165) is 0 Å². The summed E-state index contributed by atoms with van der Waals surface area (Å²) in [7, 11) is -0.633. The number of amides is 1. The number of likely N-dealkylation sites (N-methyl/N-ethyl adjacent to an activating group) is 1. The number of nitrogens with zero attached hydrogens (tertiary/aromatic N) is 2. The fourth-order valence-electron chi connectivity index (χ4n) is 1.64. The first kappa shape index (κ1) is 15.7. The van der Waals surface area contributed by atoms with Crippen molar-refractivity contribution in [1.82, 2.24) is 14.6 Å². The van der Waals surface area contributed by atoms with Crippen LogP contribution in [-0.2, 0) is 14.8 Å². The molecule has 2 rings (SSSR count). The molecule has 0 aliphatic rings. The lowest BCUT2D eigenvalue weighted by atomic mass is 10.2. The summed E-state index contributed by atoms with van der Waals surface area (Å²) in [4.78, 5) is 16.9. The molecule has 1 aromatic carbocycles. The van der Waals surface area contributed by atoms with Crippen molar-refractivity contribution in [2.45, 2.75) is 4.90 Å². The van der Waals surface area contributed by atoms with Gasteiger partial charge in [0.2, 0.25) is 15.9 Å². The number of carbonyl (C=O) groups is 1. The number of sulfonamides is 1. The molecule has 0 radical (unpaired) electrons. The van der Waals surface area contributed by atoms with E-state index in [-0.39, 0.29) is 17.3 Å². The Morgan fingerprint density at radius 2 is 2.00 bits per heavy atom. The molecule has 1 aromatic heterocycles. The summed E-state index contributed by atoms with van der Waals surface area (Å²) in [6.07, 6.45) is 0. The van der Waals surface area contributed by atoms with Gasteiger partial charge in [0.1, 0.15) is 5.15 Å². The number of pyridine rings is 1. The molecule has 21 heavy (non-hydrogen) atoms. The highest BCUT2D eigenvalue weighted by Gasteiger charge is 2.16. The van der Waals surface area contributed by atoms with Crippen molar-refractivity contribution < 1.29 is 13.2 Å². The van der Waals surface area contributed by atoms with Gasteiger partial charge >= 0.3 is 0 Å². The number of hydrogen-bond donors (Lipinski definition) is 1. The molecule has 2 aromatic rings. The minimum Gasteiger partial charge on any atom is -0.348 e. The summed E-state index contributed by atoms with van der Waals surface area (Å²) in [6, 6.07) is 7.76. The molecule has 1 heterocycles. The minimum absolute atomic E-state index is 0.0747. The van der Waals surface area contributed by atoms with E-state index < -0.39 is 10.0 Å². The lowest BCUT2D eigenvalue weighted by Gasteiger charge is -2.11. The molecule has 0 saturated carbocycles. The minimum atomic E-state index is -3.75. The van der Waals surface area contributed by atoms with Crippen LogP contribution in [0.25, 0.3) is 10.9 Å². The maximum Gasteiger partial charge on any atom is 0.241 e. The van der Waals surface area contributed by atoms with Gasteiger partial charge in [-0.1, -0.05) is 11.6 Å². The lowest BCUT2D eigenvalue weighted by molar-refractivity contribution is -0.127. The average molecular weight is 328 g/mol. The van der Waals surface area contributed by atoms with Gasteiger partial charge in [0.05, 0.1) is 17.0 Å². The van der Waals surface area contributed by atoms with Gasteiger partial charge in [-0.15, -0.1) is 0 Å². The third-order valence-corrected chi connectivity index (χ3v) is 4.46. The second-order valence-corrected chi connectivity index (χ2v) is 6.76. The van der Waals surface area contributed by atoms with Crippen LogP contribution in [0.2, 0.25) is 5.15 Å². The van der Waals surface area contributed by atoms with E-state index in [4.69, 9.17) is 11.6 Å². The molecule has 0 aliphatic heterocycles. The van der Waals surface area contributed by atoms with E-state index in [0.29, 0.717) is 16.1 Å². The van der Waals surface area contributed by atoms with Gasteiger partial charge in [-0.2, -0.15) is 0 Å². The number of benzene rings is 1. The summed E-state index contributed by atoms with van der Waals surface area (Å²) in [5.74, 6) is -0.326. The molecule has 0 bridgehead atoms. The molecule has 6 nitrogen and oxygen atoms in total. The van der Waals surface area contributed by atoms with Crippen LogP contribution in [0, 0.1) is 0 Å². The van der Waals surface area contributed by atoms with Crippen LogP contribution in [0.3, 0.4) is 0 Å². The zero-order valence-corrected chi connectivity index (χ0v) is 13.1. The highest BCUT2D eigenvalue weighted by atomic mass is 35.5. The van der Waals surface area contributed by atoms with Crippen LogP contribution >= 0.6 is 11.6 Å². The monoisotopic (exact) mass is 327 g/mol. The van der Waals surface area contributed by atoms with Gasteiger partial charge in [-0.3, -0.25) is 4.79 Å². The molecule has 112 valence electrons. The Balaban J connectivity index is 2.28. The van der Waals surface area contributed by atoms with E-state index in [1.165, 1.54) is 17.0 Å². The Labute approximate surface area is 127 Å². The molecular formula is C13H14ClN3O3S. The van der Waals surface area contributed by atoms with Crippen molar-refractivity contribution in [3.05, 3.63) is 35.5 Å². The quantitative estimate of drug-likeness (QED) is 0.857. The zero-order chi connectivity index (χ0) is 15.6. The van der Waals surface area contributed by atoms with Gasteiger partial charge in [0, 0.05) is 19.5 Å². The van der Waals surface area contributed by atoms with Gasteiger partial charge in [0.25, 0.3) is 0 Å². The fraction of sp³-hybridized carbons (Fsp3) is 0.231. The molecule has 1 amide bonds. The smallest absolute Gasteiger partial charge is 0.241 e. The number of hydrogen-bond acceptors (Lipinski definition) is 4. The number of carbonyl (C=O) groups excluding carboxylic acids is 1. The molecular weight excluding hydrogens is 314 g/mol. The Bertz CT molecular complexity index is 790. The Hall–Kier alpha value is -1.70. The van der Waals surface area contributed by atoms with E-state index in [1.54, 1.807) is 32.3 Å². The first-order valence-corrected chi connectivity index (χ1v) is 7.92. The normalized spacial score (nSPS) is 11.6. The predicted octanol–water partition coefficient (Wildman–Crippen LogP) is 1.25. The standard InChI is InChI=1S/C13H14ClN3O3S/c1-17(2)13(18)8-15-21(19,20)10-4-5-11-9(7-10)3-6-12(14)16-11/h3-7,15H,8H2,1-2H3. The van der Waals surface area contributed by atoms with Crippen LogP contribution in [0.4, 0.5) is 0 Å². The molecule has 0 spiro atoms. The zero-order valence-electron chi connectivity index (χ0n) is 11.5. The number of rotatable bonds is 4. The topological polar surface area (TPSA) is 79.4 Å². The SMILES string of the molecule is CN(C)C(=O)CNS(=O)(=O)c1ccc2nc(Cl)ccc2c1. The second kappa shape index (κ2) is 5.97. The van der Waals surface area contributed by atoms with Gasteiger partial charge in [0.15, 0.2) is 0 Å². The maximum atomic E-state index is 12.1. The van der Waals surface area contributed by atoms with Crippen molar-refractivity contribution in [2.24, 2.45) is 0 Å². The van der Waals surface area contributed by atoms with Gasteiger partial charge in [-0.05, 0) is 30.3 Å².